The molecule has 0 aliphatic rings. The van der Waals surface area contributed by atoms with Crippen LogP contribution in [0.2, 0.25) is 0 Å². The van der Waals surface area contributed by atoms with Crippen LogP contribution in [0, 0.1) is 27.7 Å². The molecule has 2 heterocycles. The Hall–Kier alpha value is -7.30. The van der Waals surface area contributed by atoms with Crippen LogP contribution in [0.4, 0.5) is 34.1 Å². The van der Waals surface area contributed by atoms with E-state index >= 15 is 0 Å². The number of rotatable bonds is 8. The molecule has 4 heteroatoms. The topological polar surface area (TPSA) is 32.8 Å². The highest BCUT2D eigenvalue weighted by molar-refractivity contribution is 6.35. The second-order valence-corrected chi connectivity index (χ2v) is 18.5. The molecule has 4 nitrogen and oxygen atoms in total. The number of fused-ring (bicyclic) bond motifs is 11. The third kappa shape index (κ3) is 6.51. The highest BCUT2D eigenvalue weighted by Gasteiger charge is 2.26. The van der Waals surface area contributed by atoms with Crippen LogP contribution in [0.5, 0.6) is 0 Å². The summed E-state index contributed by atoms with van der Waals surface area (Å²) in [6, 6.07) is 58.0. The monoisotopic (exact) mass is 832 g/mol. The molecule has 0 unspecified atom stereocenters. The third-order valence-corrected chi connectivity index (χ3v) is 13.1. The molecule has 0 fully saturated rings. The maximum Gasteiger partial charge on any atom is 0.138 e. The largest absolute Gasteiger partial charge is 0.456 e. The van der Waals surface area contributed by atoms with E-state index in [9.17, 15) is 0 Å². The van der Waals surface area contributed by atoms with Crippen LogP contribution in [0.15, 0.2) is 167 Å². The average molecular weight is 833 g/mol. The molecule has 0 N–H and O–H groups in total. The lowest BCUT2D eigenvalue weighted by Gasteiger charge is -2.28. The number of aryl methyl sites for hydroxylation is 4. The van der Waals surface area contributed by atoms with Gasteiger partial charge in [0, 0.05) is 67.2 Å². The molecule has 0 spiro atoms. The van der Waals surface area contributed by atoms with Crippen molar-refractivity contribution in [2.45, 2.75) is 67.2 Å². The van der Waals surface area contributed by atoms with Gasteiger partial charge in [0.05, 0.1) is 11.4 Å². The van der Waals surface area contributed by atoms with Gasteiger partial charge in [0.2, 0.25) is 0 Å². The van der Waals surface area contributed by atoms with Crippen LogP contribution in [0.3, 0.4) is 0 Å². The van der Waals surface area contributed by atoms with Gasteiger partial charge >= 0.3 is 0 Å². The summed E-state index contributed by atoms with van der Waals surface area (Å²) < 4.78 is 14.0. The Labute approximate surface area is 375 Å². The van der Waals surface area contributed by atoms with Gasteiger partial charge in [-0.1, -0.05) is 113 Å². The SMILES string of the molecule is Cc1cc(C)cc(N(c2ccc(C(C)C)cc2)c2cc3oc4ccc5oc6cc(N(c7ccc(C(C)C)cc7)c7cc(C)cc(C)c7)c7ccccc7c6c5c4c3c3ccccc23)c1. The van der Waals surface area contributed by atoms with Gasteiger partial charge in [0.15, 0.2) is 0 Å². The minimum Gasteiger partial charge on any atom is -0.456 e. The number of furan rings is 2. The summed E-state index contributed by atoms with van der Waals surface area (Å²) >= 11 is 0. The van der Waals surface area contributed by atoms with Crippen molar-refractivity contribution in [3.05, 3.63) is 191 Å². The van der Waals surface area contributed by atoms with Gasteiger partial charge in [-0.3, -0.25) is 0 Å². The summed E-state index contributed by atoms with van der Waals surface area (Å²) in [4.78, 5) is 4.80. The Kier molecular flexibility index (Phi) is 9.39. The Morgan fingerprint density at radius 1 is 0.328 bits per heavy atom. The molecule has 0 saturated carbocycles. The number of nitrogens with zero attached hydrogens (tertiary/aromatic N) is 2. The quantitative estimate of drug-likeness (QED) is 0.153. The molecular formula is C60H52N2O2. The van der Waals surface area contributed by atoms with Crippen LogP contribution in [-0.2, 0) is 0 Å². The van der Waals surface area contributed by atoms with Crippen molar-refractivity contribution < 1.29 is 8.83 Å². The second kappa shape index (κ2) is 15.2. The van der Waals surface area contributed by atoms with Gasteiger partial charge < -0.3 is 18.6 Å². The zero-order valence-corrected chi connectivity index (χ0v) is 37.9. The minimum atomic E-state index is 0.439. The van der Waals surface area contributed by atoms with E-state index in [-0.39, 0.29) is 0 Å². The Bertz CT molecular complexity index is 3330. The predicted molar refractivity (Wildman–Crippen MR) is 273 cm³/mol. The highest BCUT2D eigenvalue weighted by atomic mass is 16.3. The summed E-state index contributed by atoms with van der Waals surface area (Å²) in [5.74, 6) is 0.878. The van der Waals surface area contributed by atoms with Gasteiger partial charge in [-0.25, -0.2) is 0 Å². The Morgan fingerprint density at radius 2 is 0.672 bits per heavy atom. The van der Waals surface area contributed by atoms with E-state index in [2.05, 4.69) is 223 Å². The summed E-state index contributed by atoms with van der Waals surface area (Å²) in [6.07, 6.45) is 0. The fourth-order valence-corrected chi connectivity index (χ4v) is 10.2. The Balaban J connectivity index is 1.19. The summed E-state index contributed by atoms with van der Waals surface area (Å²) in [6.45, 7) is 17.7. The first-order valence-corrected chi connectivity index (χ1v) is 22.6. The van der Waals surface area contributed by atoms with Crippen LogP contribution in [-0.4, -0.2) is 0 Å². The first-order valence-electron chi connectivity index (χ1n) is 22.6. The fraction of sp³-hybridized carbons (Fsp3) is 0.167. The molecule has 9 aromatic carbocycles. The predicted octanol–water partition coefficient (Wildman–Crippen LogP) is 18.2. The zero-order valence-electron chi connectivity index (χ0n) is 37.9. The van der Waals surface area contributed by atoms with Crippen LogP contribution < -0.4 is 9.80 Å². The van der Waals surface area contributed by atoms with Crippen molar-refractivity contribution in [3.8, 4) is 0 Å². The van der Waals surface area contributed by atoms with Crippen LogP contribution in [0.25, 0.3) is 65.4 Å². The van der Waals surface area contributed by atoms with E-state index in [4.69, 9.17) is 8.83 Å². The van der Waals surface area contributed by atoms with E-state index in [0.29, 0.717) is 11.8 Å². The number of hydrogen-bond acceptors (Lipinski definition) is 4. The van der Waals surface area contributed by atoms with Gasteiger partial charge in [0.25, 0.3) is 0 Å². The lowest BCUT2D eigenvalue weighted by Crippen LogP contribution is -2.11. The molecule has 0 aliphatic carbocycles. The molecule has 0 atom stereocenters. The van der Waals surface area contributed by atoms with Crippen molar-refractivity contribution in [2.24, 2.45) is 0 Å². The second-order valence-electron chi connectivity index (χ2n) is 18.5. The summed E-state index contributed by atoms with van der Waals surface area (Å²) in [5.41, 5.74) is 17.4. The average Bonchev–Trinajstić information content (AvgIpc) is 3.85. The zero-order chi connectivity index (χ0) is 44.0. The fourth-order valence-electron chi connectivity index (χ4n) is 10.2. The van der Waals surface area contributed by atoms with Gasteiger partial charge in [0.1, 0.15) is 22.3 Å². The molecule has 0 aliphatic heterocycles. The standard InChI is InChI=1S/C60H52N2O2/c1-35(2)41-17-21-43(22-18-41)61(45-29-37(5)27-38(6)30-45)51-33-55-57(49-15-11-9-13-47(49)51)59-53(63-55)25-26-54-60(59)58-50-16-12-10-14-48(50)52(34-56(58)64-54)62(46-31-39(7)28-40(8)32-46)44-23-19-42(20-24-44)36(3)4/h9-36H,1-8H3. The molecule has 2 aromatic heterocycles. The summed E-state index contributed by atoms with van der Waals surface area (Å²) in [7, 11) is 0. The maximum absolute atomic E-state index is 7.01. The Morgan fingerprint density at radius 3 is 1.02 bits per heavy atom. The molecule has 11 rings (SSSR count). The van der Waals surface area contributed by atoms with Crippen molar-refractivity contribution in [1.29, 1.82) is 0 Å². The third-order valence-electron chi connectivity index (χ3n) is 13.1. The first kappa shape index (κ1) is 39.5. The minimum absolute atomic E-state index is 0.439. The highest BCUT2D eigenvalue weighted by Crippen LogP contribution is 2.50. The van der Waals surface area contributed by atoms with Gasteiger partial charge in [-0.2, -0.15) is 0 Å². The van der Waals surface area contributed by atoms with Crippen molar-refractivity contribution in [2.75, 3.05) is 9.80 Å². The van der Waals surface area contributed by atoms with Crippen molar-refractivity contribution in [3.63, 3.8) is 0 Å². The first-order chi connectivity index (χ1) is 31.0. The molecule has 0 saturated heterocycles. The molecule has 0 amide bonds. The molecule has 64 heavy (non-hydrogen) atoms. The lowest BCUT2D eigenvalue weighted by atomic mass is 9.96. The number of hydrogen-bond donors (Lipinski definition) is 0. The van der Waals surface area contributed by atoms with E-state index in [1.165, 1.54) is 33.4 Å². The maximum atomic E-state index is 7.01. The normalized spacial score (nSPS) is 12.0. The van der Waals surface area contributed by atoms with E-state index in [1.807, 2.05) is 0 Å². The van der Waals surface area contributed by atoms with E-state index in [1.54, 1.807) is 0 Å². The lowest BCUT2D eigenvalue weighted by molar-refractivity contribution is 0.663. The molecule has 0 radical (unpaired) electrons. The van der Waals surface area contributed by atoms with Gasteiger partial charge in [-0.15, -0.1) is 0 Å². The molecule has 0 bridgehead atoms. The van der Waals surface area contributed by atoms with Crippen molar-refractivity contribution >= 4 is 99.5 Å². The van der Waals surface area contributed by atoms with Crippen LogP contribution >= 0.6 is 0 Å². The molecule has 11 aromatic rings. The summed E-state index contributed by atoms with van der Waals surface area (Å²) in [5, 5.41) is 8.89. The molecular weight excluding hydrogens is 781 g/mol. The van der Waals surface area contributed by atoms with Crippen molar-refractivity contribution in [1.82, 2.24) is 0 Å². The number of anilines is 6. The smallest absolute Gasteiger partial charge is 0.138 e. The van der Waals surface area contributed by atoms with Crippen LogP contribution in [0.1, 0.15) is 72.9 Å². The number of benzene rings is 9. The molecule has 314 valence electrons. The van der Waals surface area contributed by atoms with E-state index in [0.717, 1.165) is 99.5 Å². The van der Waals surface area contributed by atoms with Gasteiger partial charge in [-0.05, 0) is 144 Å². The van der Waals surface area contributed by atoms with E-state index < -0.39 is 0 Å².